The van der Waals surface area contributed by atoms with Crippen molar-refractivity contribution in [3.8, 4) is 0 Å². The molecule has 0 amide bonds. The minimum absolute atomic E-state index is 0.0494. The van der Waals surface area contributed by atoms with Gasteiger partial charge < -0.3 is 0 Å². The SMILES string of the molecule is C/C=C/CCc1ccc(C2CCC(C3CCC4CC(CCCCCC)CCC4C3)CC2)c(F)c1. The largest absolute Gasteiger partial charge is 0.207 e. The number of hydrogen-bond acceptors (Lipinski definition) is 0. The van der Waals surface area contributed by atoms with Crippen molar-refractivity contribution >= 4 is 0 Å². The van der Waals surface area contributed by atoms with Crippen molar-refractivity contribution < 1.29 is 4.39 Å². The minimum Gasteiger partial charge on any atom is -0.207 e. The van der Waals surface area contributed by atoms with E-state index >= 15 is 0 Å². The molecule has 0 saturated heterocycles. The van der Waals surface area contributed by atoms with Gasteiger partial charge in [0.05, 0.1) is 0 Å². The molecule has 3 aliphatic rings. The summed E-state index contributed by atoms with van der Waals surface area (Å²) < 4.78 is 14.9. The zero-order valence-electron chi connectivity index (χ0n) is 22.2. The zero-order chi connectivity index (χ0) is 23.8. The number of unbranched alkanes of at least 4 members (excludes halogenated alkanes) is 3. The van der Waals surface area contributed by atoms with Crippen LogP contribution in [0.5, 0.6) is 0 Å². The van der Waals surface area contributed by atoms with E-state index in [1.54, 1.807) is 6.42 Å². The van der Waals surface area contributed by atoms with Crippen molar-refractivity contribution in [2.45, 2.75) is 129 Å². The Kier molecular flexibility index (Phi) is 10.1. The number of allylic oxidation sites excluding steroid dienone is 2. The van der Waals surface area contributed by atoms with Gasteiger partial charge in [-0.05, 0) is 130 Å². The Balaban J connectivity index is 1.21. The predicted molar refractivity (Wildman–Crippen MR) is 145 cm³/mol. The summed E-state index contributed by atoms with van der Waals surface area (Å²) in [6.07, 6.45) is 27.5. The maximum absolute atomic E-state index is 14.9. The third-order valence-electron chi connectivity index (χ3n) is 10.0. The minimum atomic E-state index is 0.0494. The Morgan fingerprint density at radius 2 is 1.53 bits per heavy atom. The van der Waals surface area contributed by atoms with Gasteiger partial charge in [-0.25, -0.2) is 4.39 Å². The molecule has 1 aromatic carbocycles. The molecule has 1 heteroatoms. The molecule has 0 radical (unpaired) electrons. The van der Waals surface area contributed by atoms with Crippen molar-refractivity contribution in [1.82, 2.24) is 0 Å². The van der Waals surface area contributed by atoms with Crippen LogP contribution < -0.4 is 0 Å². The average molecular weight is 467 g/mol. The van der Waals surface area contributed by atoms with Crippen LogP contribution in [-0.4, -0.2) is 0 Å². The highest BCUT2D eigenvalue weighted by Gasteiger charge is 2.38. The summed E-state index contributed by atoms with van der Waals surface area (Å²) in [4.78, 5) is 0. The van der Waals surface area contributed by atoms with Gasteiger partial charge >= 0.3 is 0 Å². The Labute approximate surface area is 210 Å². The van der Waals surface area contributed by atoms with Gasteiger partial charge in [-0.1, -0.05) is 69.7 Å². The van der Waals surface area contributed by atoms with E-state index in [1.165, 1.54) is 89.9 Å². The molecule has 0 bridgehead atoms. The first-order chi connectivity index (χ1) is 16.7. The van der Waals surface area contributed by atoms with E-state index in [2.05, 4.69) is 31.2 Å². The summed E-state index contributed by atoms with van der Waals surface area (Å²) in [7, 11) is 0. The second-order valence-electron chi connectivity index (χ2n) is 12.2. The van der Waals surface area contributed by atoms with E-state index in [0.29, 0.717) is 5.92 Å². The quantitative estimate of drug-likeness (QED) is 0.237. The van der Waals surface area contributed by atoms with E-state index in [0.717, 1.165) is 53.6 Å². The van der Waals surface area contributed by atoms with Crippen molar-refractivity contribution in [3.63, 3.8) is 0 Å². The van der Waals surface area contributed by atoms with Crippen LogP contribution in [0.15, 0.2) is 30.4 Å². The molecular formula is C33H51F. The molecule has 4 atom stereocenters. The van der Waals surface area contributed by atoms with Gasteiger partial charge in [0.15, 0.2) is 0 Å². The lowest BCUT2D eigenvalue weighted by Gasteiger charge is -2.45. The van der Waals surface area contributed by atoms with Gasteiger partial charge in [0.25, 0.3) is 0 Å². The lowest BCUT2D eigenvalue weighted by Crippen LogP contribution is -2.34. The third-order valence-corrected chi connectivity index (χ3v) is 10.0. The fraction of sp³-hybridized carbons (Fsp3) is 0.758. The van der Waals surface area contributed by atoms with Crippen LogP contribution in [0.25, 0.3) is 0 Å². The number of aryl methyl sites for hydroxylation is 1. The summed E-state index contributed by atoms with van der Waals surface area (Å²) >= 11 is 0. The van der Waals surface area contributed by atoms with Gasteiger partial charge in [0, 0.05) is 0 Å². The molecule has 4 rings (SSSR count). The van der Waals surface area contributed by atoms with Crippen LogP contribution in [-0.2, 0) is 6.42 Å². The molecule has 0 N–H and O–H groups in total. The van der Waals surface area contributed by atoms with Crippen LogP contribution in [0.4, 0.5) is 4.39 Å². The summed E-state index contributed by atoms with van der Waals surface area (Å²) in [6, 6.07) is 6.10. The van der Waals surface area contributed by atoms with Crippen molar-refractivity contribution in [2.75, 3.05) is 0 Å². The summed E-state index contributed by atoms with van der Waals surface area (Å²) in [5.41, 5.74) is 2.13. The maximum Gasteiger partial charge on any atom is 0.126 e. The average Bonchev–Trinajstić information content (AvgIpc) is 2.87. The smallest absolute Gasteiger partial charge is 0.126 e. The number of halogens is 1. The van der Waals surface area contributed by atoms with Gasteiger partial charge in [0.2, 0.25) is 0 Å². The fourth-order valence-electron chi connectivity index (χ4n) is 7.95. The van der Waals surface area contributed by atoms with E-state index in [4.69, 9.17) is 0 Å². The van der Waals surface area contributed by atoms with Gasteiger partial charge in [0.1, 0.15) is 5.82 Å². The molecule has 3 saturated carbocycles. The second-order valence-corrected chi connectivity index (χ2v) is 12.2. The van der Waals surface area contributed by atoms with E-state index in [1.807, 2.05) is 13.0 Å². The maximum atomic E-state index is 14.9. The van der Waals surface area contributed by atoms with Gasteiger partial charge in [-0.15, -0.1) is 0 Å². The van der Waals surface area contributed by atoms with Crippen molar-refractivity contribution in [2.24, 2.45) is 29.6 Å². The molecule has 0 heterocycles. The molecule has 3 fully saturated rings. The van der Waals surface area contributed by atoms with Crippen LogP contribution >= 0.6 is 0 Å². The van der Waals surface area contributed by atoms with Gasteiger partial charge in [-0.3, -0.25) is 0 Å². The number of hydrogen-bond donors (Lipinski definition) is 0. The highest BCUT2D eigenvalue weighted by atomic mass is 19.1. The molecule has 0 aromatic heterocycles. The molecule has 34 heavy (non-hydrogen) atoms. The van der Waals surface area contributed by atoms with Gasteiger partial charge in [-0.2, -0.15) is 0 Å². The summed E-state index contributed by atoms with van der Waals surface area (Å²) in [6.45, 7) is 4.37. The highest BCUT2D eigenvalue weighted by molar-refractivity contribution is 5.28. The topological polar surface area (TPSA) is 0 Å². The zero-order valence-corrected chi connectivity index (χ0v) is 22.2. The Morgan fingerprint density at radius 1 is 0.824 bits per heavy atom. The number of rotatable bonds is 10. The highest BCUT2D eigenvalue weighted by Crippen LogP contribution is 2.50. The van der Waals surface area contributed by atoms with Crippen LogP contribution in [0, 0.1) is 35.4 Å². The first-order valence-electron chi connectivity index (χ1n) is 15.1. The van der Waals surface area contributed by atoms with Crippen molar-refractivity contribution in [3.05, 3.63) is 47.3 Å². The summed E-state index contributed by atoms with van der Waals surface area (Å²) in [5.74, 6) is 5.46. The molecule has 4 unspecified atom stereocenters. The Morgan fingerprint density at radius 3 is 2.26 bits per heavy atom. The fourth-order valence-corrected chi connectivity index (χ4v) is 7.95. The van der Waals surface area contributed by atoms with E-state index in [-0.39, 0.29) is 5.82 Å². The molecule has 3 aliphatic carbocycles. The standard InChI is InChI=1S/C33H51F/c1-3-5-7-9-11-25-12-14-31-24-30(20-19-29(31)22-25)27-15-17-28(18-16-27)32-21-13-26(23-33(32)34)10-8-6-4-2/h4,6,13,21,23,25,27-31H,3,5,7-12,14-20,22,24H2,1-2H3/b6-4+. The van der Waals surface area contributed by atoms with Crippen molar-refractivity contribution in [1.29, 1.82) is 0 Å². The predicted octanol–water partition coefficient (Wildman–Crippen LogP) is 10.4. The number of benzene rings is 1. The monoisotopic (exact) mass is 466 g/mol. The summed E-state index contributed by atoms with van der Waals surface area (Å²) in [5, 5.41) is 0. The number of fused-ring (bicyclic) bond motifs is 1. The van der Waals surface area contributed by atoms with Crippen LogP contribution in [0.3, 0.4) is 0 Å². The molecule has 1 aromatic rings. The molecule has 0 nitrogen and oxygen atoms in total. The lowest BCUT2D eigenvalue weighted by atomic mass is 9.60. The van der Waals surface area contributed by atoms with E-state index < -0.39 is 0 Å². The third kappa shape index (κ3) is 6.98. The molecule has 190 valence electrons. The first-order valence-corrected chi connectivity index (χ1v) is 15.1. The molecule has 0 spiro atoms. The van der Waals surface area contributed by atoms with E-state index in [9.17, 15) is 4.39 Å². The van der Waals surface area contributed by atoms with Crippen LogP contribution in [0.1, 0.15) is 134 Å². The Hall–Kier alpha value is -1.11. The normalized spacial score (nSPS) is 32.1. The Bertz CT molecular complexity index is 756. The molecule has 0 aliphatic heterocycles. The van der Waals surface area contributed by atoms with Crippen LogP contribution in [0.2, 0.25) is 0 Å². The second kappa shape index (κ2) is 13.3. The molecular weight excluding hydrogens is 415 g/mol. The lowest BCUT2D eigenvalue weighted by molar-refractivity contribution is 0.0612. The first kappa shape index (κ1) is 26.0.